The molecule has 144 valence electrons. The summed E-state index contributed by atoms with van der Waals surface area (Å²) in [6.45, 7) is 10.5. The number of anilines is 2. The molecular weight excluding hydrogens is 376 g/mol. The number of hydrogen-bond acceptors (Lipinski definition) is 4. The Bertz CT molecular complexity index is 895. The van der Waals surface area contributed by atoms with Gasteiger partial charge in [0, 0.05) is 6.20 Å². The number of benzene rings is 1. The maximum atomic E-state index is 14.5. The van der Waals surface area contributed by atoms with Crippen LogP contribution in [0.2, 0.25) is 5.02 Å². The number of amides is 1. The van der Waals surface area contributed by atoms with E-state index in [0.717, 1.165) is 11.6 Å². The lowest BCUT2D eigenvalue weighted by Crippen LogP contribution is -2.34. The number of hydrogen-bond donors (Lipinski definition) is 2. The number of halogens is 3. The average molecular weight is 396 g/mol. The van der Waals surface area contributed by atoms with Gasteiger partial charge >= 0.3 is 0 Å². The van der Waals surface area contributed by atoms with Gasteiger partial charge in [0.15, 0.2) is 11.6 Å². The molecule has 0 spiro atoms. The van der Waals surface area contributed by atoms with Crippen LogP contribution in [0, 0.1) is 18.6 Å². The molecule has 0 fully saturated rings. The zero-order valence-electron chi connectivity index (χ0n) is 15.4. The van der Waals surface area contributed by atoms with E-state index in [1.165, 1.54) is 6.20 Å². The van der Waals surface area contributed by atoms with E-state index in [2.05, 4.69) is 22.4 Å². The fraction of sp³-hybridized carbons (Fsp3) is 0.263. The summed E-state index contributed by atoms with van der Waals surface area (Å²) in [5.41, 5.74) is 2.33. The first kappa shape index (κ1) is 20.8. The van der Waals surface area contributed by atoms with Crippen LogP contribution in [0.1, 0.15) is 42.3 Å². The molecule has 0 radical (unpaired) electrons. The zero-order valence-corrected chi connectivity index (χ0v) is 16.2. The number of hydroxylamine groups is 1. The summed E-state index contributed by atoms with van der Waals surface area (Å²) >= 11 is 5.71. The molecule has 0 aliphatic heterocycles. The molecule has 1 heterocycles. The van der Waals surface area contributed by atoms with Gasteiger partial charge in [-0.2, -0.15) is 0 Å². The lowest BCUT2D eigenvalue weighted by molar-refractivity contribution is -0.0589. The Hall–Kier alpha value is -2.51. The van der Waals surface area contributed by atoms with Crippen molar-refractivity contribution in [3.05, 3.63) is 58.3 Å². The lowest BCUT2D eigenvalue weighted by Gasteiger charge is -2.20. The van der Waals surface area contributed by atoms with Crippen LogP contribution in [0.4, 0.5) is 20.3 Å². The summed E-state index contributed by atoms with van der Waals surface area (Å²) in [5, 5.41) is 2.15. The topological polar surface area (TPSA) is 63.2 Å². The van der Waals surface area contributed by atoms with Gasteiger partial charge in [-0.1, -0.05) is 24.3 Å². The van der Waals surface area contributed by atoms with E-state index >= 15 is 0 Å². The van der Waals surface area contributed by atoms with Gasteiger partial charge in [-0.15, -0.1) is 0 Å². The molecule has 0 saturated carbocycles. The quantitative estimate of drug-likeness (QED) is 0.541. The lowest BCUT2D eigenvalue weighted by atomic mass is 10.1. The largest absolute Gasteiger partial charge is 0.337 e. The van der Waals surface area contributed by atoms with E-state index in [0.29, 0.717) is 5.56 Å². The molecule has 2 aromatic rings. The van der Waals surface area contributed by atoms with Gasteiger partial charge < -0.3 is 5.32 Å². The SMILES string of the molecule is C=Cc1cnc(Nc2c(C(=O)NOC(C)(C)C)cc(Cl)c(F)c2F)c(C)c1. The van der Waals surface area contributed by atoms with Crippen molar-refractivity contribution < 1.29 is 18.4 Å². The van der Waals surface area contributed by atoms with Crippen molar-refractivity contribution in [2.24, 2.45) is 0 Å². The highest BCUT2D eigenvalue weighted by atomic mass is 35.5. The maximum Gasteiger partial charge on any atom is 0.277 e. The third-order valence-corrected chi connectivity index (χ3v) is 3.71. The smallest absolute Gasteiger partial charge is 0.277 e. The Morgan fingerprint density at radius 1 is 1.30 bits per heavy atom. The van der Waals surface area contributed by atoms with E-state index in [1.807, 2.05) is 0 Å². The average Bonchev–Trinajstić information content (AvgIpc) is 2.60. The Balaban J connectivity index is 2.46. The van der Waals surface area contributed by atoms with Crippen molar-refractivity contribution >= 4 is 35.1 Å². The van der Waals surface area contributed by atoms with Crippen LogP contribution in [0.3, 0.4) is 0 Å². The number of carbonyl (C=O) groups is 1. The minimum absolute atomic E-state index is 0.225. The summed E-state index contributed by atoms with van der Waals surface area (Å²) in [6.07, 6.45) is 3.12. The zero-order chi connectivity index (χ0) is 20.4. The Morgan fingerprint density at radius 2 is 1.96 bits per heavy atom. The van der Waals surface area contributed by atoms with Crippen LogP contribution in [0.15, 0.2) is 24.9 Å². The molecule has 1 aromatic carbocycles. The molecule has 0 atom stereocenters. The summed E-state index contributed by atoms with van der Waals surface area (Å²) in [4.78, 5) is 21.8. The molecule has 0 aliphatic carbocycles. The summed E-state index contributed by atoms with van der Waals surface area (Å²) < 4.78 is 28.5. The van der Waals surface area contributed by atoms with Crippen LogP contribution in [0.25, 0.3) is 6.08 Å². The standard InChI is InChI=1S/C19H20ClF2N3O2/c1-6-11-7-10(2)17(23-9-11)24-16-12(8-13(20)14(21)15(16)22)18(26)25-27-19(3,4)5/h6-9H,1H2,2-5H3,(H,23,24)(H,25,26). The van der Waals surface area contributed by atoms with Crippen LogP contribution in [-0.2, 0) is 4.84 Å². The predicted octanol–water partition coefficient (Wildman–Crippen LogP) is 5.17. The Labute approximate surface area is 161 Å². The Morgan fingerprint density at radius 3 is 2.52 bits per heavy atom. The molecule has 5 nitrogen and oxygen atoms in total. The molecule has 8 heteroatoms. The molecule has 1 aromatic heterocycles. The molecule has 0 bridgehead atoms. The number of pyridine rings is 1. The van der Waals surface area contributed by atoms with Gasteiger partial charge in [-0.25, -0.2) is 19.2 Å². The van der Waals surface area contributed by atoms with Crippen molar-refractivity contribution in [3.8, 4) is 0 Å². The molecule has 0 unspecified atom stereocenters. The maximum absolute atomic E-state index is 14.5. The first-order chi connectivity index (χ1) is 12.5. The van der Waals surface area contributed by atoms with Gasteiger partial charge in [-0.05, 0) is 51.0 Å². The second-order valence-corrected chi connectivity index (χ2v) is 7.23. The van der Waals surface area contributed by atoms with Crippen LogP contribution < -0.4 is 10.8 Å². The van der Waals surface area contributed by atoms with Gasteiger partial charge in [0.25, 0.3) is 5.91 Å². The van der Waals surface area contributed by atoms with E-state index in [4.69, 9.17) is 16.4 Å². The summed E-state index contributed by atoms with van der Waals surface area (Å²) in [7, 11) is 0. The molecule has 0 saturated heterocycles. The predicted molar refractivity (Wildman–Crippen MR) is 102 cm³/mol. The van der Waals surface area contributed by atoms with Gasteiger partial charge in [0.2, 0.25) is 0 Å². The highest BCUT2D eigenvalue weighted by Gasteiger charge is 2.24. The minimum Gasteiger partial charge on any atom is -0.337 e. The Kier molecular flexibility index (Phi) is 6.18. The molecule has 0 aliphatic rings. The van der Waals surface area contributed by atoms with E-state index < -0.39 is 33.9 Å². The van der Waals surface area contributed by atoms with E-state index in [1.54, 1.807) is 39.8 Å². The minimum atomic E-state index is -1.29. The van der Waals surface area contributed by atoms with Crippen LogP contribution >= 0.6 is 11.6 Å². The number of aromatic nitrogens is 1. The highest BCUT2D eigenvalue weighted by molar-refractivity contribution is 6.31. The molecule has 27 heavy (non-hydrogen) atoms. The van der Waals surface area contributed by atoms with Gasteiger partial charge in [0.05, 0.1) is 21.9 Å². The first-order valence-electron chi connectivity index (χ1n) is 8.05. The molecule has 1 amide bonds. The highest BCUT2D eigenvalue weighted by Crippen LogP contribution is 2.31. The second kappa shape index (κ2) is 8.02. The van der Waals surface area contributed by atoms with Crippen LogP contribution in [0.5, 0.6) is 0 Å². The van der Waals surface area contributed by atoms with Crippen molar-refractivity contribution in [2.75, 3.05) is 5.32 Å². The molecule has 2 N–H and O–H groups in total. The van der Waals surface area contributed by atoms with E-state index in [-0.39, 0.29) is 11.4 Å². The summed E-state index contributed by atoms with van der Waals surface area (Å²) in [5.74, 6) is -3.09. The monoisotopic (exact) mass is 395 g/mol. The number of carbonyl (C=O) groups excluding carboxylic acids is 1. The van der Waals surface area contributed by atoms with E-state index in [9.17, 15) is 13.6 Å². The molecule has 2 rings (SSSR count). The summed E-state index contributed by atoms with van der Waals surface area (Å²) in [6, 6.07) is 2.78. The second-order valence-electron chi connectivity index (χ2n) is 6.82. The first-order valence-corrected chi connectivity index (χ1v) is 8.43. The fourth-order valence-electron chi connectivity index (χ4n) is 2.11. The van der Waals surface area contributed by atoms with Crippen molar-refractivity contribution in [1.82, 2.24) is 10.5 Å². The van der Waals surface area contributed by atoms with Gasteiger partial charge in [-0.3, -0.25) is 9.63 Å². The normalized spacial score (nSPS) is 11.2. The van der Waals surface area contributed by atoms with Crippen LogP contribution in [-0.4, -0.2) is 16.5 Å². The third-order valence-electron chi connectivity index (χ3n) is 3.44. The number of nitrogens with one attached hydrogen (secondary N) is 2. The van der Waals surface area contributed by atoms with Crippen molar-refractivity contribution in [3.63, 3.8) is 0 Å². The third kappa shape index (κ3) is 5.02. The number of nitrogens with zero attached hydrogens (tertiary/aromatic N) is 1. The fourth-order valence-corrected chi connectivity index (χ4v) is 2.30. The van der Waals surface area contributed by atoms with Crippen molar-refractivity contribution in [1.29, 1.82) is 0 Å². The number of aryl methyl sites for hydroxylation is 1. The van der Waals surface area contributed by atoms with Gasteiger partial charge in [0.1, 0.15) is 5.82 Å². The van der Waals surface area contributed by atoms with Crippen molar-refractivity contribution in [2.45, 2.75) is 33.3 Å². The molecular formula is C19H20ClF2N3O2. The number of rotatable bonds is 5.